The third kappa shape index (κ3) is 1.70. The van der Waals surface area contributed by atoms with Crippen LogP contribution in [-0.2, 0) is 9.59 Å². The van der Waals surface area contributed by atoms with Gasteiger partial charge in [-0.1, -0.05) is 0 Å². The number of aliphatic imine (C=N–C) groups is 2. The predicted octanol–water partition coefficient (Wildman–Crippen LogP) is 1.02. The van der Waals surface area contributed by atoms with Crippen LogP contribution >= 0.6 is 0 Å². The van der Waals surface area contributed by atoms with Gasteiger partial charge in [-0.3, -0.25) is 0 Å². The van der Waals surface area contributed by atoms with E-state index in [-0.39, 0.29) is 11.5 Å². The highest BCUT2D eigenvalue weighted by Crippen LogP contribution is 2.22. The molecule has 0 amide bonds. The van der Waals surface area contributed by atoms with Crippen molar-refractivity contribution >= 4 is 23.7 Å². The Morgan fingerprint density at radius 1 is 1.25 bits per heavy atom. The average Bonchev–Trinajstić information content (AvgIpc) is 2.09. The van der Waals surface area contributed by atoms with E-state index in [0.717, 1.165) is 0 Å². The molecule has 0 saturated heterocycles. The van der Waals surface area contributed by atoms with Crippen molar-refractivity contribution in [2.24, 2.45) is 9.98 Å². The predicted molar refractivity (Wildman–Crippen MR) is 39.8 cm³/mol. The fraction of sp³-hybridized carbons (Fsp3) is 0. The first-order valence-corrected chi connectivity index (χ1v) is 2.99. The zero-order valence-corrected chi connectivity index (χ0v) is 5.89. The van der Waals surface area contributed by atoms with Crippen LogP contribution in [0.5, 0.6) is 0 Å². The lowest BCUT2D eigenvalue weighted by molar-refractivity contribution is 0.564. The molecule has 0 atom stereocenters. The van der Waals surface area contributed by atoms with Crippen molar-refractivity contribution in [1.82, 2.24) is 4.98 Å². The van der Waals surface area contributed by atoms with Gasteiger partial charge in [0.1, 0.15) is 5.69 Å². The van der Waals surface area contributed by atoms with Crippen molar-refractivity contribution in [3.63, 3.8) is 0 Å². The van der Waals surface area contributed by atoms with Crippen LogP contribution in [0.15, 0.2) is 28.3 Å². The molecule has 0 aliphatic rings. The van der Waals surface area contributed by atoms with E-state index in [1.165, 1.54) is 24.4 Å². The van der Waals surface area contributed by atoms with E-state index in [1.54, 1.807) is 6.07 Å². The van der Waals surface area contributed by atoms with Crippen LogP contribution in [0.25, 0.3) is 0 Å². The van der Waals surface area contributed by atoms with Gasteiger partial charge < -0.3 is 0 Å². The average molecular weight is 161 g/mol. The van der Waals surface area contributed by atoms with E-state index in [1.807, 2.05) is 0 Å². The van der Waals surface area contributed by atoms with Crippen LogP contribution in [0.1, 0.15) is 0 Å². The van der Waals surface area contributed by atoms with Crippen molar-refractivity contribution < 1.29 is 9.59 Å². The summed E-state index contributed by atoms with van der Waals surface area (Å²) in [7, 11) is 0. The number of rotatable bonds is 2. The Hall–Kier alpha value is -2.09. The van der Waals surface area contributed by atoms with Crippen LogP contribution in [0.2, 0.25) is 0 Å². The molecular weight excluding hydrogens is 158 g/mol. The number of isocyanates is 2. The summed E-state index contributed by atoms with van der Waals surface area (Å²) in [6.45, 7) is 0. The van der Waals surface area contributed by atoms with E-state index in [4.69, 9.17) is 0 Å². The summed E-state index contributed by atoms with van der Waals surface area (Å²) < 4.78 is 0. The molecule has 12 heavy (non-hydrogen) atoms. The minimum Gasteiger partial charge on any atom is -0.235 e. The Labute approximate surface area is 67.5 Å². The molecule has 0 spiro atoms. The van der Waals surface area contributed by atoms with Crippen molar-refractivity contribution in [2.75, 3.05) is 0 Å². The van der Waals surface area contributed by atoms with Crippen LogP contribution in [0, 0.1) is 0 Å². The van der Waals surface area contributed by atoms with Gasteiger partial charge in [-0.05, 0) is 12.1 Å². The van der Waals surface area contributed by atoms with Gasteiger partial charge in [0.2, 0.25) is 12.2 Å². The molecule has 0 aliphatic carbocycles. The van der Waals surface area contributed by atoms with E-state index in [9.17, 15) is 9.59 Å². The van der Waals surface area contributed by atoms with Crippen LogP contribution in [-0.4, -0.2) is 17.1 Å². The smallest absolute Gasteiger partial charge is 0.235 e. The molecule has 1 heterocycles. The van der Waals surface area contributed by atoms with E-state index in [0.29, 0.717) is 0 Å². The Morgan fingerprint density at radius 2 is 2.00 bits per heavy atom. The number of hydrogen-bond acceptors (Lipinski definition) is 5. The second-order valence-corrected chi connectivity index (χ2v) is 1.75. The lowest BCUT2D eigenvalue weighted by Crippen LogP contribution is -1.72. The van der Waals surface area contributed by atoms with Crippen LogP contribution in [0.4, 0.5) is 11.5 Å². The van der Waals surface area contributed by atoms with Gasteiger partial charge in [-0.2, -0.15) is 4.99 Å². The molecule has 0 saturated carbocycles. The minimum absolute atomic E-state index is 0.0656. The first-order chi connectivity index (χ1) is 5.88. The van der Waals surface area contributed by atoms with Crippen molar-refractivity contribution in [3.05, 3.63) is 18.3 Å². The summed E-state index contributed by atoms with van der Waals surface area (Å²) in [5.41, 5.74) is 0.204. The summed E-state index contributed by atoms with van der Waals surface area (Å²) in [5.74, 6) is 0.0656. The zero-order chi connectivity index (χ0) is 8.81. The third-order valence-electron chi connectivity index (χ3n) is 1.08. The fourth-order valence-electron chi connectivity index (χ4n) is 0.654. The molecule has 0 aromatic carbocycles. The molecule has 0 N–H and O–H groups in total. The standard InChI is InChI=1S/C7H3N3O2/c11-4-9-6-2-1-3-8-7(6)10-5-12/h1-3H. The third-order valence-corrected chi connectivity index (χ3v) is 1.08. The van der Waals surface area contributed by atoms with Gasteiger partial charge in [0.15, 0.2) is 5.82 Å². The Bertz CT molecular complexity index is 339. The monoisotopic (exact) mass is 161 g/mol. The highest BCUT2D eigenvalue weighted by molar-refractivity contribution is 5.63. The first kappa shape index (κ1) is 8.01. The number of carbonyl (C=O) groups excluding carboxylic acids is 2. The van der Waals surface area contributed by atoms with Gasteiger partial charge in [0.25, 0.3) is 0 Å². The molecule has 1 aromatic heterocycles. The summed E-state index contributed by atoms with van der Waals surface area (Å²) in [5, 5.41) is 0. The molecule has 5 nitrogen and oxygen atoms in total. The second-order valence-electron chi connectivity index (χ2n) is 1.75. The molecule has 0 radical (unpaired) electrons. The summed E-state index contributed by atoms with van der Waals surface area (Å²) in [4.78, 5) is 29.9. The number of hydrogen-bond donors (Lipinski definition) is 0. The van der Waals surface area contributed by atoms with Crippen molar-refractivity contribution in [2.45, 2.75) is 0 Å². The van der Waals surface area contributed by atoms with Gasteiger partial charge >= 0.3 is 0 Å². The molecule has 0 fully saturated rings. The highest BCUT2D eigenvalue weighted by Gasteiger charge is 1.98. The number of pyridine rings is 1. The molecule has 0 bridgehead atoms. The van der Waals surface area contributed by atoms with Gasteiger partial charge in [-0.15, -0.1) is 4.99 Å². The SMILES string of the molecule is O=C=Nc1cccnc1N=C=O. The largest absolute Gasteiger partial charge is 0.242 e. The lowest BCUT2D eigenvalue weighted by Gasteiger charge is -1.91. The summed E-state index contributed by atoms with van der Waals surface area (Å²) >= 11 is 0. The minimum atomic E-state index is 0.0656. The maximum atomic E-state index is 9.87. The Morgan fingerprint density at radius 3 is 2.67 bits per heavy atom. The molecule has 5 heteroatoms. The second kappa shape index (κ2) is 3.93. The highest BCUT2D eigenvalue weighted by atomic mass is 16.1. The molecular formula is C7H3N3O2. The Kier molecular flexibility index (Phi) is 2.62. The van der Waals surface area contributed by atoms with Gasteiger partial charge in [0.05, 0.1) is 0 Å². The Balaban J connectivity index is 3.25. The van der Waals surface area contributed by atoms with E-state index >= 15 is 0 Å². The lowest BCUT2D eigenvalue weighted by atomic mass is 10.4. The maximum absolute atomic E-state index is 9.87. The molecule has 0 aliphatic heterocycles. The molecule has 58 valence electrons. The van der Waals surface area contributed by atoms with Crippen molar-refractivity contribution in [3.8, 4) is 0 Å². The summed E-state index contributed by atoms with van der Waals surface area (Å²) in [6, 6.07) is 3.06. The van der Waals surface area contributed by atoms with Crippen molar-refractivity contribution in [1.29, 1.82) is 0 Å². The topological polar surface area (TPSA) is 71.8 Å². The molecule has 1 rings (SSSR count). The molecule has 0 unspecified atom stereocenters. The summed E-state index contributed by atoms with van der Waals surface area (Å²) in [6.07, 6.45) is 4.06. The quantitative estimate of drug-likeness (QED) is 0.480. The maximum Gasteiger partial charge on any atom is 0.242 e. The van der Waals surface area contributed by atoms with E-state index < -0.39 is 0 Å². The normalized spacial score (nSPS) is 8.00. The first-order valence-electron chi connectivity index (χ1n) is 2.99. The number of aromatic nitrogens is 1. The van der Waals surface area contributed by atoms with Gasteiger partial charge in [-0.25, -0.2) is 14.6 Å². The van der Waals surface area contributed by atoms with Crippen LogP contribution in [0.3, 0.4) is 0 Å². The zero-order valence-electron chi connectivity index (χ0n) is 5.89. The van der Waals surface area contributed by atoms with E-state index in [2.05, 4.69) is 15.0 Å². The van der Waals surface area contributed by atoms with Crippen LogP contribution < -0.4 is 0 Å². The fourth-order valence-corrected chi connectivity index (χ4v) is 0.654. The molecule has 1 aromatic rings. The van der Waals surface area contributed by atoms with Gasteiger partial charge in [0, 0.05) is 6.20 Å². The number of nitrogens with zero attached hydrogens (tertiary/aromatic N) is 3.